The van der Waals surface area contributed by atoms with E-state index in [0.29, 0.717) is 5.56 Å². The number of aliphatic imine (C=N–C) groups is 1. The summed E-state index contributed by atoms with van der Waals surface area (Å²) in [5.74, 6) is -1.19. The van der Waals surface area contributed by atoms with Crippen molar-refractivity contribution in [3.63, 3.8) is 0 Å². The number of rotatable bonds is 5. The second-order valence-corrected chi connectivity index (χ2v) is 5.38. The van der Waals surface area contributed by atoms with Crippen LogP contribution in [0.3, 0.4) is 0 Å². The van der Waals surface area contributed by atoms with Crippen molar-refractivity contribution >= 4 is 23.5 Å². The van der Waals surface area contributed by atoms with Crippen molar-refractivity contribution in [2.75, 3.05) is 7.11 Å². The number of ether oxygens (including phenoxy) is 1. The summed E-state index contributed by atoms with van der Waals surface area (Å²) in [5.41, 5.74) is -0.0596. The predicted molar refractivity (Wildman–Crippen MR) is 86.5 cm³/mol. The molecule has 2 rings (SSSR count). The molecule has 0 amide bonds. The van der Waals surface area contributed by atoms with Gasteiger partial charge in [0.1, 0.15) is 0 Å². The summed E-state index contributed by atoms with van der Waals surface area (Å²) >= 11 is 5.78. The van der Waals surface area contributed by atoms with Crippen molar-refractivity contribution < 1.29 is 19.2 Å². The SMILES string of the molecule is COc1ccc([C@H](C)N=Cc2cc(Cl)cc([N+](=O)[O-])c2[O-])cc1F. The van der Waals surface area contributed by atoms with E-state index in [0.717, 1.165) is 6.07 Å². The summed E-state index contributed by atoms with van der Waals surface area (Å²) in [5, 5.41) is 22.9. The molecule has 126 valence electrons. The van der Waals surface area contributed by atoms with Gasteiger partial charge in [0.15, 0.2) is 11.6 Å². The molecule has 2 aromatic carbocycles. The van der Waals surface area contributed by atoms with Gasteiger partial charge in [0.05, 0.1) is 18.1 Å². The van der Waals surface area contributed by atoms with Crippen LogP contribution >= 0.6 is 11.6 Å². The van der Waals surface area contributed by atoms with E-state index in [1.807, 2.05) is 0 Å². The number of nitro groups is 1. The Bertz CT molecular complexity index is 811. The summed E-state index contributed by atoms with van der Waals surface area (Å²) < 4.78 is 18.6. The fraction of sp³-hybridized carbons (Fsp3) is 0.188. The molecule has 0 radical (unpaired) electrons. The second kappa shape index (κ2) is 7.27. The molecule has 0 heterocycles. The smallest absolute Gasteiger partial charge is 0.263 e. The highest BCUT2D eigenvalue weighted by Crippen LogP contribution is 2.30. The highest BCUT2D eigenvalue weighted by molar-refractivity contribution is 6.31. The van der Waals surface area contributed by atoms with E-state index >= 15 is 0 Å². The standard InChI is InChI=1S/C16H14ClFN2O4/c1-9(10-3-4-15(24-2)13(18)6-10)19-8-11-5-12(17)7-14(16(11)21)20(22)23/h3-9,21H,1-2H3/p-1/t9-/m0/s1. The van der Waals surface area contributed by atoms with Gasteiger partial charge in [0.25, 0.3) is 5.69 Å². The van der Waals surface area contributed by atoms with Gasteiger partial charge in [0, 0.05) is 17.3 Å². The number of halogens is 2. The Morgan fingerprint density at radius 2 is 2.08 bits per heavy atom. The monoisotopic (exact) mass is 351 g/mol. The van der Waals surface area contributed by atoms with Crippen molar-refractivity contribution in [1.29, 1.82) is 0 Å². The lowest BCUT2D eigenvalue weighted by atomic mass is 10.1. The molecular formula is C16H13ClFN2O4-. The fourth-order valence-electron chi connectivity index (χ4n) is 2.05. The number of nitrogens with zero attached hydrogens (tertiary/aromatic N) is 2. The molecule has 0 saturated carbocycles. The first kappa shape index (κ1) is 17.7. The first-order valence-electron chi connectivity index (χ1n) is 6.85. The van der Waals surface area contributed by atoms with Crippen molar-refractivity contribution in [1.82, 2.24) is 0 Å². The van der Waals surface area contributed by atoms with Crippen molar-refractivity contribution in [2.45, 2.75) is 13.0 Å². The van der Waals surface area contributed by atoms with Gasteiger partial charge in [-0.1, -0.05) is 17.7 Å². The van der Waals surface area contributed by atoms with Gasteiger partial charge in [0.2, 0.25) is 0 Å². The number of nitro benzene ring substituents is 1. The second-order valence-electron chi connectivity index (χ2n) is 4.95. The number of methoxy groups -OCH3 is 1. The highest BCUT2D eigenvalue weighted by atomic mass is 35.5. The molecule has 6 nitrogen and oxygen atoms in total. The van der Waals surface area contributed by atoms with E-state index in [-0.39, 0.29) is 16.3 Å². The molecule has 0 aliphatic rings. The molecule has 1 atom stereocenters. The third-order valence-corrected chi connectivity index (χ3v) is 3.57. The van der Waals surface area contributed by atoms with Crippen LogP contribution in [-0.2, 0) is 0 Å². The van der Waals surface area contributed by atoms with Gasteiger partial charge in [-0.3, -0.25) is 15.1 Å². The molecule has 0 N–H and O–H groups in total. The zero-order valence-corrected chi connectivity index (χ0v) is 13.6. The summed E-state index contributed by atoms with van der Waals surface area (Å²) in [4.78, 5) is 14.2. The highest BCUT2D eigenvalue weighted by Gasteiger charge is 2.12. The van der Waals surface area contributed by atoms with E-state index in [9.17, 15) is 19.6 Å². The Labute approximate surface area is 142 Å². The summed E-state index contributed by atoms with van der Waals surface area (Å²) in [6.45, 7) is 1.70. The number of hydrogen-bond donors (Lipinski definition) is 0. The molecule has 0 bridgehead atoms. The zero-order valence-electron chi connectivity index (χ0n) is 12.8. The van der Waals surface area contributed by atoms with Gasteiger partial charge >= 0.3 is 0 Å². The topological polar surface area (TPSA) is 87.8 Å². The molecule has 0 spiro atoms. The van der Waals surface area contributed by atoms with E-state index < -0.39 is 28.2 Å². The maximum Gasteiger partial charge on any atom is 0.263 e. The largest absolute Gasteiger partial charge is 0.867 e. The van der Waals surface area contributed by atoms with Crippen LogP contribution in [0.5, 0.6) is 11.5 Å². The molecule has 0 fully saturated rings. The van der Waals surface area contributed by atoms with E-state index in [2.05, 4.69) is 4.99 Å². The minimum atomic E-state index is -0.798. The van der Waals surface area contributed by atoms with Crippen LogP contribution in [-0.4, -0.2) is 18.2 Å². The molecule has 0 unspecified atom stereocenters. The van der Waals surface area contributed by atoms with Crippen LogP contribution in [0, 0.1) is 15.9 Å². The van der Waals surface area contributed by atoms with Crippen molar-refractivity contribution in [2.24, 2.45) is 4.99 Å². The average molecular weight is 352 g/mol. The van der Waals surface area contributed by atoms with Gasteiger partial charge in [-0.15, -0.1) is 0 Å². The van der Waals surface area contributed by atoms with Gasteiger partial charge in [-0.2, -0.15) is 0 Å². The Hall–Kier alpha value is -2.67. The summed E-state index contributed by atoms with van der Waals surface area (Å²) in [6.07, 6.45) is 1.20. The molecule has 24 heavy (non-hydrogen) atoms. The average Bonchev–Trinajstić information content (AvgIpc) is 2.54. The lowest BCUT2D eigenvalue weighted by molar-refractivity contribution is -0.398. The normalized spacial score (nSPS) is 12.3. The van der Waals surface area contributed by atoms with Gasteiger partial charge < -0.3 is 9.84 Å². The minimum absolute atomic E-state index is 0.00460. The van der Waals surface area contributed by atoms with E-state index in [1.165, 1.54) is 31.5 Å². The molecule has 2 aromatic rings. The Kier molecular flexibility index (Phi) is 5.35. The Morgan fingerprint density at radius 3 is 2.67 bits per heavy atom. The van der Waals surface area contributed by atoms with Gasteiger partial charge in [-0.25, -0.2) is 4.39 Å². The first-order chi connectivity index (χ1) is 11.3. The van der Waals surface area contributed by atoms with E-state index in [4.69, 9.17) is 16.3 Å². The third kappa shape index (κ3) is 3.80. The van der Waals surface area contributed by atoms with Crippen LogP contribution in [0.4, 0.5) is 10.1 Å². The third-order valence-electron chi connectivity index (χ3n) is 3.36. The quantitative estimate of drug-likeness (QED) is 0.467. The minimum Gasteiger partial charge on any atom is -0.867 e. The molecule has 0 aliphatic heterocycles. The molecule has 8 heteroatoms. The molecular weight excluding hydrogens is 339 g/mol. The molecule has 0 aliphatic carbocycles. The van der Waals surface area contributed by atoms with Crippen LogP contribution < -0.4 is 9.84 Å². The van der Waals surface area contributed by atoms with Crippen molar-refractivity contribution in [3.05, 3.63) is 62.4 Å². The maximum absolute atomic E-state index is 13.7. The first-order valence-corrected chi connectivity index (χ1v) is 7.23. The van der Waals surface area contributed by atoms with Crippen LogP contribution in [0.1, 0.15) is 24.1 Å². The van der Waals surface area contributed by atoms with E-state index in [1.54, 1.807) is 13.0 Å². The van der Waals surface area contributed by atoms with Gasteiger partial charge in [-0.05, 0) is 42.0 Å². The number of benzene rings is 2. The zero-order chi connectivity index (χ0) is 17.9. The molecule has 0 aromatic heterocycles. The molecule has 0 saturated heterocycles. The Balaban J connectivity index is 2.30. The lowest BCUT2D eigenvalue weighted by Crippen LogP contribution is -2.03. The van der Waals surface area contributed by atoms with Crippen molar-refractivity contribution in [3.8, 4) is 11.5 Å². The Morgan fingerprint density at radius 1 is 1.38 bits per heavy atom. The summed E-state index contributed by atoms with van der Waals surface area (Å²) in [7, 11) is 1.36. The summed E-state index contributed by atoms with van der Waals surface area (Å²) in [6, 6.07) is 6.20. The predicted octanol–water partition coefficient (Wildman–Crippen LogP) is 3.65. The fourth-order valence-corrected chi connectivity index (χ4v) is 2.27. The number of hydrogen-bond acceptors (Lipinski definition) is 5. The maximum atomic E-state index is 13.7. The lowest BCUT2D eigenvalue weighted by Gasteiger charge is -2.12. The van der Waals surface area contributed by atoms with Crippen LogP contribution in [0.2, 0.25) is 5.02 Å². The van der Waals surface area contributed by atoms with Crippen LogP contribution in [0.15, 0.2) is 35.3 Å². The van der Waals surface area contributed by atoms with Crippen LogP contribution in [0.25, 0.3) is 0 Å².